The number of primary amides is 1. The summed E-state index contributed by atoms with van der Waals surface area (Å²) in [5.74, 6) is -1.05. The Balaban J connectivity index is 1.28. The van der Waals surface area contributed by atoms with E-state index in [-0.39, 0.29) is 23.8 Å². The maximum absolute atomic E-state index is 13.4. The average Bonchev–Trinajstić information content (AvgIpc) is 3.05. The topological polar surface area (TPSA) is 105 Å². The number of rotatable bonds is 3. The van der Waals surface area contributed by atoms with E-state index in [1.165, 1.54) is 16.7 Å². The van der Waals surface area contributed by atoms with E-state index >= 15 is 0 Å². The molecular weight excluding hydrogens is 636 g/mol. The van der Waals surface area contributed by atoms with Crippen molar-refractivity contribution < 1.29 is 14.4 Å². The number of amides is 3. The van der Waals surface area contributed by atoms with E-state index < -0.39 is 11.8 Å². The van der Waals surface area contributed by atoms with E-state index in [4.69, 9.17) is 22.3 Å². The van der Waals surface area contributed by atoms with Crippen LogP contribution in [0.4, 0.5) is 0 Å². The van der Waals surface area contributed by atoms with Crippen LogP contribution < -0.4 is 11.1 Å². The number of hydrogen-bond acceptors (Lipinski definition) is 4. The van der Waals surface area contributed by atoms with Gasteiger partial charge in [-0.05, 0) is 108 Å². The molecule has 2 fully saturated rings. The molecule has 2 heterocycles. The standard InChI is InChI=1S/C28H31Br2ClN4O3/c29-19-11-18-2-1-17-12-20(31)13-22(30)23(17)24(25(18)33-14-19)15-7-9-35(10-8-15)28(38)16-3-5-21(6-4-16)34-27(37)26(32)36/h11-16,21,24H,1-10H2,(H2,32,36)(H,34,37)/t16?,21?,24-/m1/s1. The van der Waals surface area contributed by atoms with Crippen molar-refractivity contribution in [2.75, 3.05) is 13.1 Å². The summed E-state index contributed by atoms with van der Waals surface area (Å²) in [7, 11) is 0. The van der Waals surface area contributed by atoms with Gasteiger partial charge >= 0.3 is 11.8 Å². The highest BCUT2D eigenvalue weighted by Crippen LogP contribution is 2.46. The third-order valence-corrected chi connectivity index (χ3v) is 9.68. The van der Waals surface area contributed by atoms with Gasteiger partial charge in [0.05, 0.1) is 5.69 Å². The molecule has 2 aliphatic carbocycles. The third kappa shape index (κ3) is 5.80. The minimum absolute atomic E-state index is 0.0390. The van der Waals surface area contributed by atoms with E-state index in [1.54, 1.807) is 0 Å². The largest absolute Gasteiger partial charge is 0.361 e. The first-order chi connectivity index (χ1) is 18.2. The minimum atomic E-state index is -0.969. The molecule has 2 aromatic rings. The Hall–Kier alpha value is -1.97. The average molecular weight is 667 g/mol. The molecule has 0 unspecified atom stereocenters. The van der Waals surface area contributed by atoms with Crippen molar-refractivity contribution in [3.05, 3.63) is 60.7 Å². The predicted octanol–water partition coefficient (Wildman–Crippen LogP) is 4.89. The van der Waals surface area contributed by atoms with Crippen molar-refractivity contribution in [3.63, 3.8) is 0 Å². The Labute approximate surface area is 244 Å². The van der Waals surface area contributed by atoms with Gasteiger partial charge in [0.25, 0.3) is 0 Å². The quantitative estimate of drug-likeness (QED) is 0.456. The van der Waals surface area contributed by atoms with Gasteiger partial charge in [0, 0.05) is 51.1 Å². The van der Waals surface area contributed by atoms with Gasteiger partial charge in [-0.1, -0.05) is 27.5 Å². The van der Waals surface area contributed by atoms with Crippen LogP contribution in [0.3, 0.4) is 0 Å². The number of carbonyl (C=O) groups is 3. The lowest BCUT2D eigenvalue weighted by Gasteiger charge is -2.39. The van der Waals surface area contributed by atoms with Crippen molar-refractivity contribution in [3.8, 4) is 0 Å². The molecule has 10 heteroatoms. The summed E-state index contributed by atoms with van der Waals surface area (Å²) in [5.41, 5.74) is 10.00. The summed E-state index contributed by atoms with van der Waals surface area (Å²) in [6.07, 6.45) is 8.31. The monoisotopic (exact) mass is 664 g/mol. The van der Waals surface area contributed by atoms with Crippen LogP contribution in [0, 0.1) is 11.8 Å². The van der Waals surface area contributed by atoms with Crippen LogP contribution in [0.2, 0.25) is 5.02 Å². The number of piperidine rings is 1. The van der Waals surface area contributed by atoms with Gasteiger partial charge in [-0.3, -0.25) is 19.4 Å². The number of nitrogens with zero attached hydrogens (tertiary/aromatic N) is 2. The maximum atomic E-state index is 13.4. The molecule has 202 valence electrons. The second-order valence-electron chi connectivity index (χ2n) is 10.7. The van der Waals surface area contributed by atoms with E-state index in [1.807, 2.05) is 17.2 Å². The first-order valence-electron chi connectivity index (χ1n) is 13.2. The number of aryl methyl sites for hydroxylation is 2. The molecule has 0 bridgehead atoms. The lowest BCUT2D eigenvalue weighted by atomic mass is 9.76. The molecule has 7 nitrogen and oxygen atoms in total. The van der Waals surface area contributed by atoms with Gasteiger partial charge < -0.3 is 16.0 Å². The predicted molar refractivity (Wildman–Crippen MR) is 153 cm³/mol. The van der Waals surface area contributed by atoms with E-state index in [0.29, 0.717) is 31.6 Å². The highest BCUT2D eigenvalue weighted by Gasteiger charge is 2.38. The molecule has 1 aliphatic heterocycles. The summed E-state index contributed by atoms with van der Waals surface area (Å²) in [4.78, 5) is 42.9. The van der Waals surface area contributed by atoms with Crippen molar-refractivity contribution in [1.82, 2.24) is 15.2 Å². The zero-order valence-corrected chi connectivity index (χ0v) is 24.9. The van der Waals surface area contributed by atoms with Crippen LogP contribution in [0.25, 0.3) is 0 Å². The molecule has 0 spiro atoms. The molecule has 3 N–H and O–H groups in total. The molecule has 1 saturated heterocycles. The van der Waals surface area contributed by atoms with Gasteiger partial charge in [-0.15, -0.1) is 0 Å². The number of likely N-dealkylation sites (tertiary alicyclic amines) is 1. The molecule has 1 aromatic heterocycles. The maximum Gasteiger partial charge on any atom is 0.309 e. The number of halogens is 3. The number of benzene rings is 1. The van der Waals surface area contributed by atoms with Crippen molar-refractivity contribution in [1.29, 1.82) is 0 Å². The first kappa shape index (κ1) is 27.6. The summed E-state index contributed by atoms with van der Waals surface area (Å²) in [6, 6.07) is 6.17. The number of pyridine rings is 1. The normalized spacial score (nSPS) is 23.7. The molecule has 0 radical (unpaired) electrons. The van der Waals surface area contributed by atoms with E-state index in [9.17, 15) is 14.4 Å². The van der Waals surface area contributed by atoms with Crippen LogP contribution in [0.1, 0.15) is 66.8 Å². The Morgan fingerprint density at radius 2 is 1.66 bits per heavy atom. The summed E-state index contributed by atoms with van der Waals surface area (Å²) in [6.45, 7) is 1.45. The highest BCUT2D eigenvalue weighted by molar-refractivity contribution is 9.10. The zero-order valence-electron chi connectivity index (χ0n) is 21.0. The number of fused-ring (bicyclic) bond motifs is 2. The second kappa shape index (κ2) is 11.6. The number of nitrogens with two attached hydrogens (primary N) is 1. The third-order valence-electron chi connectivity index (χ3n) is 8.38. The molecule has 3 aliphatic rings. The Morgan fingerprint density at radius 1 is 0.974 bits per heavy atom. The molecule has 3 amide bonds. The molecule has 1 atom stereocenters. The summed E-state index contributed by atoms with van der Waals surface area (Å²) < 4.78 is 2.02. The van der Waals surface area contributed by atoms with Crippen LogP contribution >= 0.6 is 43.5 Å². The number of hydrogen-bond donors (Lipinski definition) is 2. The second-order valence-corrected chi connectivity index (χ2v) is 12.9. The van der Waals surface area contributed by atoms with E-state index in [2.05, 4.69) is 49.3 Å². The number of aromatic nitrogens is 1. The van der Waals surface area contributed by atoms with Crippen LogP contribution in [-0.4, -0.2) is 46.7 Å². The Morgan fingerprint density at radius 3 is 2.34 bits per heavy atom. The summed E-state index contributed by atoms with van der Waals surface area (Å²) in [5, 5.41) is 3.41. The molecule has 38 heavy (non-hydrogen) atoms. The fourth-order valence-electron chi connectivity index (χ4n) is 6.48. The number of carbonyl (C=O) groups excluding carboxylic acids is 3. The lowest BCUT2D eigenvalue weighted by Crippen LogP contribution is -2.47. The lowest BCUT2D eigenvalue weighted by molar-refractivity contribution is -0.139. The zero-order chi connectivity index (χ0) is 27.0. The summed E-state index contributed by atoms with van der Waals surface area (Å²) >= 11 is 13.9. The molecule has 5 rings (SSSR count). The number of nitrogens with one attached hydrogen (secondary N) is 1. The van der Waals surface area contributed by atoms with Gasteiger partial charge in [0.15, 0.2) is 0 Å². The first-order valence-corrected chi connectivity index (χ1v) is 15.2. The SMILES string of the molecule is NC(=O)C(=O)NC1CCC(C(=O)N2CCC([C@H]3c4ncc(Br)cc4CCc4cc(Cl)cc(Br)c43)CC2)CC1. The van der Waals surface area contributed by atoms with Crippen LogP contribution in [0.5, 0.6) is 0 Å². The Bertz CT molecular complexity index is 1260. The van der Waals surface area contributed by atoms with Crippen molar-refractivity contribution in [2.24, 2.45) is 17.6 Å². The minimum Gasteiger partial charge on any atom is -0.361 e. The van der Waals surface area contributed by atoms with Gasteiger partial charge in [0.2, 0.25) is 5.91 Å². The van der Waals surface area contributed by atoms with Crippen LogP contribution in [-0.2, 0) is 27.2 Å². The fourth-order valence-corrected chi connectivity index (χ4v) is 7.98. The van der Waals surface area contributed by atoms with Crippen molar-refractivity contribution >= 4 is 61.2 Å². The van der Waals surface area contributed by atoms with Crippen LogP contribution in [0.15, 0.2) is 33.3 Å². The van der Waals surface area contributed by atoms with Gasteiger partial charge in [-0.2, -0.15) is 0 Å². The Kier molecular flexibility index (Phi) is 8.45. The van der Waals surface area contributed by atoms with E-state index in [0.717, 1.165) is 58.4 Å². The van der Waals surface area contributed by atoms with Gasteiger partial charge in [0.1, 0.15) is 0 Å². The molecular formula is C28H31Br2ClN4O3. The molecule has 1 aromatic carbocycles. The van der Waals surface area contributed by atoms with Crippen molar-refractivity contribution in [2.45, 2.75) is 63.3 Å². The molecule has 1 saturated carbocycles. The fraction of sp³-hybridized carbons (Fsp3) is 0.500. The smallest absolute Gasteiger partial charge is 0.309 e. The van der Waals surface area contributed by atoms with Gasteiger partial charge in [-0.25, -0.2) is 0 Å². The highest BCUT2D eigenvalue weighted by atomic mass is 79.9.